The Kier molecular flexibility index (Phi) is 4.52. The summed E-state index contributed by atoms with van der Waals surface area (Å²) in [7, 11) is 1.41. The molecule has 0 atom stereocenters. The highest BCUT2D eigenvalue weighted by molar-refractivity contribution is 7.22. The number of benzene rings is 2. The lowest BCUT2D eigenvalue weighted by Crippen LogP contribution is -2.11. The maximum absolute atomic E-state index is 13.7. The molecule has 23 heavy (non-hydrogen) atoms. The smallest absolute Gasteiger partial charge is 0.226 e. The van der Waals surface area contributed by atoms with Gasteiger partial charge in [-0.15, -0.1) is 0 Å². The second-order valence-corrected chi connectivity index (χ2v) is 6.04. The van der Waals surface area contributed by atoms with Gasteiger partial charge >= 0.3 is 0 Å². The van der Waals surface area contributed by atoms with E-state index in [0.717, 1.165) is 10.3 Å². The van der Waals surface area contributed by atoms with E-state index >= 15 is 0 Å². The Bertz CT molecular complexity index is 833. The highest BCUT2D eigenvalue weighted by atomic mass is 32.1. The van der Waals surface area contributed by atoms with Crippen molar-refractivity contribution in [3.63, 3.8) is 0 Å². The van der Waals surface area contributed by atoms with Crippen molar-refractivity contribution >= 4 is 32.6 Å². The number of fused-ring (bicyclic) bond motifs is 1. The van der Waals surface area contributed by atoms with Crippen LogP contribution in [0, 0.1) is 5.82 Å². The van der Waals surface area contributed by atoms with Crippen LogP contribution in [0.5, 0.6) is 5.75 Å². The fourth-order valence-corrected chi connectivity index (χ4v) is 3.12. The maximum Gasteiger partial charge on any atom is 0.226 e. The second kappa shape index (κ2) is 6.75. The number of nitrogens with one attached hydrogen (secondary N) is 1. The first-order valence-electron chi connectivity index (χ1n) is 7.13. The SMILES string of the molecule is COc1cc2sc(NC(=O)CCc3ccccc3)nc2cc1F. The highest BCUT2D eigenvalue weighted by Gasteiger charge is 2.11. The monoisotopic (exact) mass is 330 g/mol. The fraction of sp³-hybridized carbons (Fsp3) is 0.176. The van der Waals surface area contributed by atoms with E-state index in [2.05, 4.69) is 10.3 Å². The molecule has 3 aromatic rings. The second-order valence-electron chi connectivity index (χ2n) is 5.01. The average molecular weight is 330 g/mol. The molecule has 0 radical (unpaired) electrons. The fourth-order valence-electron chi connectivity index (χ4n) is 2.22. The van der Waals surface area contributed by atoms with Crippen LogP contribution in [-0.2, 0) is 11.2 Å². The van der Waals surface area contributed by atoms with Crippen LogP contribution in [0.4, 0.5) is 9.52 Å². The van der Waals surface area contributed by atoms with Crippen molar-refractivity contribution in [2.24, 2.45) is 0 Å². The molecule has 0 bridgehead atoms. The molecule has 3 rings (SSSR count). The number of methoxy groups -OCH3 is 1. The quantitative estimate of drug-likeness (QED) is 0.769. The number of ether oxygens (including phenoxy) is 1. The Morgan fingerprint density at radius 2 is 2.09 bits per heavy atom. The van der Waals surface area contributed by atoms with Gasteiger partial charge in [0.15, 0.2) is 16.7 Å². The van der Waals surface area contributed by atoms with Crippen LogP contribution in [-0.4, -0.2) is 18.0 Å². The molecule has 0 aliphatic rings. The van der Waals surface area contributed by atoms with Gasteiger partial charge in [-0.3, -0.25) is 4.79 Å². The summed E-state index contributed by atoms with van der Waals surface area (Å²) in [4.78, 5) is 16.2. The van der Waals surface area contributed by atoms with Crippen LogP contribution < -0.4 is 10.1 Å². The molecule has 6 heteroatoms. The summed E-state index contributed by atoms with van der Waals surface area (Å²) in [5.74, 6) is -0.407. The molecule has 1 aromatic heterocycles. The number of hydrogen-bond acceptors (Lipinski definition) is 4. The van der Waals surface area contributed by atoms with Gasteiger partial charge in [-0.2, -0.15) is 0 Å². The Hall–Kier alpha value is -2.47. The van der Waals surface area contributed by atoms with Crippen molar-refractivity contribution in [1.82, 2.24) is 4.98 Å². The lowest BCUT2D eigenvalue weighted by Gasteiger charge is -2.01. The lowest BCUT2D eigenvalue weighted by molar-refractivity contribution is -0.116. The third-order valence-corrected chi connectivity index (χ3v) is 4.33. The summed E-state index contributed by atoms with van der Waals surface area (Å²) in [6.07, 6.45) is 1.04. The molecule has 1 N–H and O–H groups in total. The normalized spacial score (nSPS) is 10.7. The number of carbonyl (C=O) groups excluding carboxylic acids is 1. The predicted octanol–water partition coefficient (Wildman–Crippen LogP) is 4.02. The van der Waals surface area contributed by atoms with E-state index in [0.29, 0.717) is 23.5 Å². The molecule has 0 fully saturated rings. The van der Waals surface area contributed by atoms with Gasteiger partial charge in [0.05, 0.1) is 17.3 Å². The summed E-state index contributed by atoms with van der Waals surface area (Å²) in [6, 6.07) is 12.7. The number of rotatable bonds is 5. The van der Waals surface area contributed by atoms with E-state index in [1.54, 1.807) is 6.07 Å². The molecular formula is C17H15FN2O2S. The number of aromatic nitrogens is 1. The average Bonchev–Trinajstić information content (AvgIpc) is 2.94. The van der Waals surface area contributed by atoms with Gasteiger partial charge in [-0.25, -0.2) is 9.37 Å². The number of nitrogens with zero attached hydrogens (tertiary/aromatic N) is 1. The van der Waals surface area contributed by atoms with Crippen LogP contribution >= 0.6 is 11.3 Å². The molecule has 1 amide bonds. The van der Waals surface area contributed by atoms with Gasteiger partial charge in [-0.05, 0) is 12.0 Å². The summed E-state index contributed by atoms with van der Waals surface area (Å²) in [5, 5.41) is 3.23. The molecular weight excluding hydrogens is 315 g/mol. The minimum Gasteiger partial charge on any atom is -0.494 e. The van der Waals surface area contributed by atoms with E-state index in [1.807, 2.05) is 30.3 Å². The Morgan fingerprint density at radius 1 is 1.30 bits per heavy atom. The molecule has 0 saturated carbocycles. The largest absolute Gasteiger partial charge is 0.494 e. The number of thiazole rings is 1. The van der Waals surface area contributed by atoms with Gasteiger partial charge in [0.2, 0.25) is 5.91 Å². The van der Waals surface area contributed by atoms with Crippen molar-refractivity contribution in [2.45, 2.75) is 12.8 Å². The van der Waals surface area contributed by atoms with E-state index in [1.165, 1.54) is 24.5 Å². The minimum atomic E-state index is -0.466. The summed E-state index contributed by atoms with van der Waals surface area (Å²) in [6.45, 7) is 0. The Labute approximate surface area is 136 Å². The van der Waals surface area contributed by atoms with E-state index in [4.69, 9.17) is 4.74 Å². The first-order chi connectivity index (χ1) is 11.2. The molecule has 118 valence electrons. The molecule has 2 aromatic carbocycles. The van der Waals surface area contributed by atoms with Gasteiger partial charge in [0.1, 0.15) is 0 Å². The molecule has 0 saturated heterocycles. The van der Waals surface area contributed by atoms with Crippen molar-refractivity contribution < 1.29 is 13.9 Å². The van der Waals surface area contributed by atoms with Crippen LogP contribution in [0.15, 0.2) is 42.5 Å². The Balaban J connectivity index is 1.67. The first kappa shape index (κ1) is 15.4. The molecule has 0 aliphatic carbocycles. The van der Waals surface area contributed by atoms with Crippen molar-refractivity contribution in [3.8, 4) is 5.75 Å². The van der Waals surface area contributed by atoms with Gasteiger partial charge in [0.25, 0.3) is 0 Å². The highest BCUT2D eigenvalue weighted by Crippen LogP contribution is 2.31. The summed E-state index contributed by atoms with van der Waals surface area (Å²) < 4.78 is 19.4. The predicted molar refractivity (Wildman–Crippen MR) is 89.5 cm³/mol. The topological polar surface area (TPSA) is 51.2 Å². The lowest BCUT2D eigenvalue weighted by atomic mass is 10.1. The van der Waals surface area contributed by atoms with Crippen molar-refractivity contribution in [1.29, 1.82) is 0 Å². The van der Waals surface area contributed by atoms with Crippen LogP contribution in [0.1, 0.15) is 12.0 Å². The summed E-state index contributed by atoms with van der Waals surface area (Å²) >= 11 is 1.30. The van der Waals surface area contributed by atoms with Crippen molar-refractivity contribution in [2.75, 3.05) is 12.4 Å². The number of halogens is 1. The zero-order valence-electron chi connectivity index (χ0n) is 12.5. The molecule has 0 aliphatic heterocycles. The zero-order valence-corrected chi connectivity index (χ0v) is 13.3. The number of amides is 1. The minimum absolute atomic E-state index is 0.111. The van der Waals surface area contributed by atoms with Gasteiger partial charge < -0.3 is 10.1 Å². The van der Waals surface area contributed by atoms with Gasteiger partial charge in [-0.1, -0.05) is 41.7 Å². The zero-order chi connectivity index (χ0) is 16.2. The van der Waals surface area contributed by atoms with Crippen LogP contribution in [0.25, 0.3) is 10.2 Å². The van der Waals surface area contributed by atoms with E-state index < -0.39 is 5.82 Å². The third kappa shape index (κ3) is 3.65. The number of hydrogen-bond donors (Lipinski definition) is 1. The number of anilines is 1. The molecule has 0 unspecified atom stereocenters. The van der Waals surface area contributed by atoms with Crippen LogP contribution in [0.3, 0.4) is 0 Å². The molecule has 1 heterocycles. The maximum atomic E-state index is 13.7. The van der Waals surface area contributed by atoms with Crippen LogP contribution in [0.2, 0.25) is 0 Å². The number of aryl methyl sites for hydroxylation is 1. The van der Waals surface area contributed by atoms with Crippen molar-refractivity contribution in [3.05, 3.63) is 53.8 Å². The molecule has 4 nitrogen and oxygen atoms in total. The molecule has 0 spiro atoms. The van der Waals surface area contributed by atoms with E-state index in [-0.39, 0.29) is 11.7 Å². The first-order valence-corrected chi connectivity index (χ1v) is 7.95. The van der Waals surface area contributed by atoms with Gasteiger partial charge in [0, 0.05) is 18.6 Å². The standard InChI is InChI=1S/C17H15FN2O2S/c1-22-14-10-15-13(9-12(14)18)19-17(23-15)20-16(21)8-7-11-5-3-2-4-6-11/h2-6,9-10H,7-8H2,1H3,(H,19,20,21). The van der Waals surface area contributed by atoms with E-state index in [9.17, 15) is 9.18 Å². The third-order valence-electron chi connectivity index (χ3n) is 3.39. The summed E-state index contributed by atoms with van der Waals surface area (Å²) in [5.41, 5.74) is 1.62. The number of carbonyl (C=O) groups is 1. The Morgan fingerprint density at radius 3 is 2.83 bits per heavy atom.